The predicted octanol–water partition coefficient (Wildman–Crippen LogP) is 3.87. The third-order valence-electron chi connectivity index (χ3n) is 5.21. The second-order valence-electron chi connectivity index (χ2n) is 7.13. The zero-order valence-electron chi connectivity index (χ0n) is 15.8. The Labute approximate surface area is 167 Å². The molecule has 2 N–H and O–H groups in total. The fourth-order valence-electron chi connectivity index (χ4n) is 3.68. The van der Waals surface area contributed by atoms with Gasteiger partial charge in [-0.3, -0.25) is 14.9 Å². The van der Waals surface area contributed by atoms with Crippen LogP contribution in [0.5, 0.6) is 0 Å². The Morgan fingerprint density at radius 3 is 2.69 bits per heavy atom. The van der Waals surface area contributed by atoms with E-state index in [1.165, 1.54) is 12.8 Å². The summed E-state index contributed by atoms with van der Waals surface area (Å²) in [5.41, 5.74) is 3.79. The van der Waals surface area contributed by atoms with Gasteiger partial charge < -0.3 is 10.2 Å². The van der Waals surface area contributed by atoms with Gasteiger partial charge in [0.15, 0.2) is 5.69 Å². The van der Waals surface area contributed by atoms with Gasteiger partial charge in [-0.2, -0.15) is 5.10 Å². The minimum Gasteiger partial charge on any atom is -0.357 e. The van der Waals surface area contributed by atoms with Crippen LogP contribution in [0.4, 0.5) is 11.5 Å². The molecule has 0 radical (unpaired) electrons. The van der Waals surface area contributed by atoms with E-state index in [2.05, 4.69) is 30.4 Å². The fraction of sp³-hybridized carbons (Fsp3) is 0.182. The number of hydrogen-bond donors (Lipinski definition) is 2. The van der Waals surface area contributed by atoms with Crippen molar-refractivity contribution in [3.63, 3.8) is 0 Å². The molecule has 7 nitrogen and oxygen atoms in total. The highest BCUT2D eigenvalue weighted by atomic mass is 16.1. The summed E-state index contributed by atoms with van der Waals surface area (Å²) in [6.07, 6.45) is 7.64. The maximum absolute atomic E-state index is 12.8. The van der Waals surface area contributed by atoms with E-state index in [1.807, 2.05) is 42.5 Å². The summed E-state index contributed by atoms with van der Waals surface area (Å²) in [6.45, 7) is 2.08. The highest BCUT2D eigenvalue weighted by molar-refractivity contribution is 6.11. The van der Waals surface area contributed by atoms with Crippen LogP contribution in [0.15, 0.2) is 61.1 Å². The molecule has 1 aliphatic heterocycles. The first kappa shape index (κ1) is 17.4. The number of hydrogen-bond acceptors (Lipinski definition) is 5. The summed E-state index contributed by atoms with van der Waals surface area (Å²) in [6, 6.07) is 13.6. The number of pyridine rings is 2. The number of benzene rings is 1. The van der Waals surface area contributed by atoms with Crippen LogP contribution in [0.3, 0.4) is 0 Å². The zero-order valence-corrected chi connectivity index (χ0v) is 15.8. The number of nitrogens with one attached hydrogen (secondary N) is 2. The van der Waals surface area contributed by atoms with E-state index < -0.39 is 0 Å². The molecule has 4 aromatic rings. The Morgan fingerprint density at radius 2 is 1.93 bits per heavy atom. The molecule has 1 aromatic carbocycles. The van der Waals surface area contributed by atoms with Gasteiger partial charge in [0.25, 0.3) is 5.91 Å². The number of fused-ring (bicyclic) bond motifs is 1. The molecule has 3 aromatic heterocycles. The molecule has 5 rings (SSSR count). The number of carbonyl (C=O) groups is 1. The summed E-state index contributed by atoms with van der Waals surface area (Å²) in [5.74, 6) is 0.683. The molecule has 0 unspecified atom stereocenters. The number of aromatic amines is 1. The van der Waals surface area contributed by atoms with E-state index in [1.54, 1.807) is 18.6 Å². The Balaban J connectivity index is 1.39. The molecule has 7 heteroatoms. The monoisotopic (exact) mass is 384 g/mol. The molecule has 0 aliphatic carbocycles. The van der Waals surface area contributed by atoms with Gasteiger partial charge in [-0.15, -0.1) is 0 Å². The first-order valence-electron chi connectivity index (χ1n) is 9.69. The molecule has 1 fully saturated rings. The first-order chi connectivity index (χ1) is 14.3. The lowest BCUT2D eigenvalue weighted by Gasteiger charge is -2.16. The second-order valence-corrected chi connectivity index (χ2v) is 7.13. The average Bonchev–Trinajstić information content (AvgIpc) is 3.45. The highest BCUT2D eigenvalue weighted by Crippen LogP contribution is 2.25. The number of aromatic nitrogens is 4. The summed E-state index contributed by atoms with van der Waals surface area (Å²) < 4.78 is 0. The maximum Gasteiger partial charge on any atom is 0.276 e. The van der Waals surface area contributed by atoms with Gasteiger partial charge in [0.1, 0.15) is 5.82 Å². The number of amides is 1. The minimum absolute atomic E-state index is 0.268. The maximum atomic E-state index is 12.8. The summed E-state index contributed by atoms with van der Waals surface area (Å²) >= 11 is 0. The Hall–Kier alpha value is -3.74. The first-order valence-corrected chi connectivity index (χ1v) is 9.69. The topological polar surface area (TPSA) is 86.8 Å². The Morgan fingerprint density at radius 1 is 1.03 bits per heavy atom. The summed E-state index contributed by atoms with van der Waals surface area (Å²) in [5, 5.41) is 10.8. The minimum atomic E-state index is -0.268. The lowest BCUT2D eigenvalue weighted by Crippen LogP contribution is -2.19. The fourth-order valence-corrected chi connectivity index (χ4v) is 3.68. The van der Waals surface area contributed by atoms with Crippen molar-refractivity contribution in [3.05, 3.63) is 66.7 Å². The van der Waals surface area contributed by atoms with Crippen LogP contribution in [0.1, 0.15) is 23.3 Å². The van der Waals surface area contributed by atoms with E-state index in [4.69, 9.17) is 0 Å². The molecular weight excluding hydrogens is 364 g/mol. The van der Waals surface area contributed by atoms with Crippen molar-refractivity contribution in [1.82, 2.24) is 20.2 Å². The van der Waals surface area contributed by atoms with Crippen LogP contribution >= 0.6 is 0 Å². The standard InChI is InChI=1S/C22H20N6O/c29-22(25-17-6-8-20(24-14-17)28-10-1-2-11-28)21-18-12-15(5-7-19(18)26-27-21)16-4-3-9-23-13-16/h3-9,12-14H,1-2,10-11H2,(H,25,29)(H,26,27). The van der Waals surface area contributed by atoms with Gasteiger partial charge in [0.2, 0.25) is 0 Å². The molecule has 1 amide bonds. The van der Waals surface area contributed by atoms with Crippen molar-refractivity contribution < 1.29 is 4.79 Å². The van der Waals surface area contributed by atoms with E-state index in [0.717, 1.165) is 40.9 Å². The quantitative estimate of drug-likeness (QED) is 0.558. The van der Waals surface area contributed by atoms with Crippen LogP contribution in [-0.4, -0.2) is 39.2 Å². The van der Waals surface area contributed by atoms with Crippen LogP contribution < -0.4 is 10.2 Å². The van der Waals surface area contributed by atoms with E-state index in [-0.39, 0.29) is 5.91 Å². The normalized spacial score (nSPS) is 13.7. The van der Waals surface area contributed by atoms with Crippen LogP contribution in [-0.2, 0) is 0 Å². The van der Waals surface area contributed by atoms with Gasteiger partial charge in [-0.05, 0) is 48.7 Å². The average molecular weight is 384 g/mol. The zero-order chi connectivity index (χ0) is 19.6. The smallest absolute Gasteiger partial charge is 0.276 e. The van der Waals surface area contributed by atoms with Crippen molar-refractivity contribution in [2.45, 2.75) is 12.8 Å². The molecule has 0 spiro atoms. The van der Waals surface area contributed by atoms with Gasteiger partial charge in [0.05, 0.1) is 17.4 Å². The van der Waals surface area contributed by atoms with E-state index in [9.17, 15) is 4.79 Å². The molecule has 1 saturated heterocycles. The summed E-state index contributed by atoms with van der Waals surface area (Å²) in [7, 11) is 0. The van der Waals surface area contributed by atoms with Crippen molar-refractivity contribution in [2.75, 3.05) is 23.3 Å². The molecular formula is C22H20N6O. The molecule has 1 aliphatic rings. The number of H-pyrrole nitrogens is 1. The van der Waals surface area contributed by atoms with Crippen molar-refractivity contribution in [3.8, 4) is 11.1 Å². The number of nitrogens with zero attached hydrogens (tertiary/aromatic N) is 4. The third kappa shape index (κ3) is 3.42. The Bertz CT molecular complexity index is 1150. The molecule has 29 heavy (non-hydrogen) atoms. The lowest BCUT2D eigenvalue weighted by molar-refractivity contribution is 0.102. The second kappa shape index (κ2) is 7.35. The largest absolute Gasteiger partial charge is 0.357 e. The Kier molecular flexibility index (Phi) is 4.40. The lowest BCUT2D eigenvalue weighted by atomic mass is 10.0. The van der Waals surface area contributed by atoms with Gasteiger partial charge >= 0.3 is 0 Å². The van der Waals surface area contributed by atoms with Crippen LogP contribution in [0.2, 0.25) is 0 Å². The SMILES string of the molecule is O=C(Nc1ccc(N2CCCC2)nc1)c1n[nH]c2ccc(-c3cccnc3)cc12. The van der Waals surface area contributed by atoms with Gasteiger partial charge in [0, 0.05) is 36.4 Å². The van der Waals surface area contributed by atoms with Gasteiger partial charge in [-0.1, -0.05) is 12.1 Å². The van der Waals surface area contributed by atoms with Crippen LogP contribution in [0, 0.1) is 0 Å². The van der Waals surface area contributed by atoms with E-state index in [0.29, 0.717) is 11.4 Å². The highest BCUT2D eigenvalue weighted by Gasteiger charge is 2.17. The third-order valence-corrected chi connectivity index (χ3v) is 5.21. The number of rotatable bonds is 4. The number of anilines is 2. The molecule has 0 atom stereocenters. The van der Waals surface area contributed by atoms with Crippen molar-refractivity contribution in [1.29, 1.82) is 0 Å². The van der Waals surface area contributed by atoms with Crippen molar-refractivity contribution >= 4 is 28.3 Å². The van der Waals surface area contributed by atoms with Crippen molar-refractivity contribution in [2.24, 2.45) is 0 Å². The van der Waals surface area contributed by atoms with E-state index >= 15 is 0 Å². The van der Waals surface area contributed by atoms with Gasteiger partial charge in [-0.25, -0.2) is 4.98 Å². The number of carbonyl (C=O) groups excluding carboxylic acids is 1. The summed E-state index contributed by atoms with van der Waals surface area (Å²) in [4.78, 5) is 23.7. The van der Waals surface area contributed by atoms with Crippen LogP contribution in [0.25, 0.3) is 22.0 Å². The molecule has 4 heterocycles. The molecule has 144 valence electrons. The molecule has 0 saturated carbocycles. The predicted molar refractivity (Wildman–Crippen MR) is 113 cm³/mol. The molecule has 0 bridgehead atoms.